The SMILES string of the molecule is CCc1nc(C)ccc1Oc1ccc(F)cc1CBr. The lowest BCUT2D eigenvalue weighted by molar-refractivity contribution is 0.467. The van der Waals surface area contributed by atoms with Gasteiger partial charge in [0.2, 0.25) is 0 Å². The van der Waals surface area contributed by atoms with E-state index in [1.54, 1.807) is 6.07 Å². The number of halogens is 2. The van der Waals surface area contributed by atoms with E-state index in [2.05, 4.69) is 20.9 Å². The number of hydrogen-bond donors (Lipinski definition) is 0. The van der Waals surface area contributed by atoms with E-state index in [1.165, 1.54) is 12.1 Å². The van der Waals surface area contributed by atoms with Gasteiger partial charge in [0.1, 0.15) is 17.3 Å². The Labute approximate surface area is 120 Å². The summed E-state index contributed by atoms with van der Waals surface area (Å²) in [7, 11) is 0. The van der Waals surface area contributed by atoms with Crippen molar-refractivity contribution in [2.24, 2.45) is 0 Å². The van der Waals surface area contributed by atoms with Crippen molar-refractivity contribution in [3.05, 3.63) is 53.1 Å². The van der Waals surface area contributed by atoms with Crippen molar-refractivity contribution in [3.8, 4) is 11.5 Å². The van der Waals surface area contributed by atoms with Gasteiger partial charge < -0.3 is 4.74 Å². The molecule has 0 spiro atoms. The Morgan fingerprint density at radius 1 is 1.21 bits per heavy atom. The Morgan fingerprint density at radius 2 is 1.95 bits per heavy atom. The highest BCUT2D eigenvalue weighted by Gasteiger charge is 2.09. The molecule has 0 atom stereocenters. The molecule has 0 unspecified atom stereocenters. The van der Waals surface area contributed by atoms with Crippen LogP contribution in [0, 0.1) is 12.7 Å². The monoisotopic (exact) mass is 323 g/mol. The topological polar surface area (TPSA) is 22.1 Å². The van der Waals surface area contributed by atoms with Crippen molar-refractivity contribution in [3.63, 3.8) is 0 Å². The van der Waals surface area contributed by atoms with E-state index in [0.29, 0.717) is 11.1 Å². The zero-order valence-corrected chi connectivity index (χ0v) is 12.5. The van der Waals surface area contributed by atoms with Crippen LogP contribution in [0.1, 0.15) is 23.9 Å². The third-order valence-corrected chi connectivity index (χ3v) is 3.40. The number of hydrogen-bond acceptors (Lipinski definition) is 2. The van der Waals surface area contributed by atoms with Crippen LogP contribution in [0.25, 0.3) is 0 Å². The number of nitrogens with zero attached hydrogens (tertiary/aromatic N) is 1. The fourth-order valence-electron chi connectivity index (χ4n) is 1.81. The lowest BCUT2D eigenvalue weighted by atomic mass is 10.2. The van der Waals surface area contributed by atoms with Crippen molar-refractivity contribution in [1.29, 1.82) is 0 Å². The zero-order chi connectivity index (χ0) is 13.8. The molecule has 0 fully saturated rings. The van der Waals surface area contributed by atoms with Crippen LogP contribution >= 0.6 is 15.9 Å². The second-order valence-electron chi connectivity index (χ2n) is 4.24. The summed E-state index contributed by atoms with van der Waals surface area (Å²) in [5.74, 6) is 1.11. The quantitative estimate of drug-likeness (QED) is 0.755. The van der Waals surface area contributed by atoms with Gasteiger partial charge in [0.25, 0.3) is 0 Å². The van der Waals surface area contributed by atoms with Crippen molar-refractivity contribution in [2.45, 2.75) is 25.6 Å². The largest absolute Gasteiger partial charge is 0.455 e. The summed E-state index contributed by atoms with van der Waals surface area (Å²) in [6.45, 7) is 3.98. The third-order valence-electron chi connectivity index (χ3n) is 2.79. The molecule has 0 bridgehead atoms. The third kappa shape index (κ3) is 3.32. The first kappa shape index (κ1) is 14.0. The molecule has 0 saturated heterocycles. The van der Waals surface area contributed by atoms with E-state index >= 15 is 0 Å². The Kier molecular flexibility index (Phi) is 4.53. The second kappa shape index (κ2) is 6.15. The highest BCUT2D eigenvalue weighted by molar-refractivity contribution is 9.08. The molecule has 2 nitrogen and oxygen atoms in total. The number of ether oxygens (including phenoxy) is 1. The van der Waals surface area contributed by atoms with Crippen LogP contribution in [0.4, 0.5) is 4.39 Å². The molecule has 1 heterocycles. The Bertz CT molecular complexity index is 535. The summed E-state index contributed by atoms with van der Waals surface area (Å²) < 4.78 is 19.1. The van der Waals surface area contributed by atoms with Crippen LogP contribution in [0.3, 0.4) is 0 Å². The fourth-order valence-corrected chi connectivity index (χ4v) is 2.25. The van der Waals surface area contributed by atoms with Crippen molar-refractivity contribution < 1.29 is 9.13 Å². The van der Waals surface area contributed by atoms with Gasteiger partial charge in [-0.15, -0.1) is 0 Å². The molecule has 2 aromatic rings. The highest BCUT2D eigenvalue weighted by atomic mass is 79.9. The number of rotatable bonds is 4. The van der Waals surface area contributed by atoms with E-state index in [4.69, 9.17) is 4.74 Å². The van der Waals surface area contributed by atoms with Crippen molar-refractivity contribution in [2.75, 3.05) is 0 Å². The van der Waals surface area contributed by atoms with Gasteiger partial charge in [-0.2, -0.15) is 0 Å². The molecule has 1 aromatic heterocycles. The maximum absolute atomic E-state index is 13.2. The molecule has 0 aliphatic rings. The summed E-state index contributed by atoms with van der Waals surface area (Å²) in [4.78, 5) is 4.45. The average molecular weight is 324 g/mol. The second-order valence-corrected chi connectivity index (χ2v) is 4.80. The molecule has 0 N–H and O–H groups in total. The smallest absolute Gasteiger partial charge is 0.148 e. The molecule has 19 heavy (non-hydrogen) atoms. The molecule has 0 radical (unpaired) electrons. The predicted molar refractivity (Wildman–Crippen MR) is 77.5 cm³/mol. The van der Waals surface area contributed by atoms with Crippen LogP contribution in [-0.2, 0) is 11.8 Å². The minimum atomic E-state index is -0.264. The number of benzene rings is 1. The predicted octanol–water partition coefficient (Wildman–Crippen LogP) is 4.78. The van der Waals surface area contributed by atoms with Gasteiger partial charge in [-0.25, -0.2) is 4.39 Å². The molecule has 0 amide bonds. The minimum absolute atomic E-state index is 0.264. The summed E-state index contributed by atoms with van der Waals surface area (Å²) in [6.07, 6.45) is 0.794. The van der Waals surface area contributed by atoms with Crippen LogP contribution in [-0.4, -0.2) is 4.98 Å². The molecular formula is C15H15BrFNO. The first-order valence-electron chi connectivity index (χ1n) is 6.12. The summed E-state index contributed by atoms with van der Waals surface area (Å²) in [5.41, 5.74) is 2.65. The Morgan fingerprint density at radius 3 is 2.63 bits per heavy atom. The first-order valence-corrected chi connectivity index (χ1v) is 7.25. The zero-order valence-electron chi connectivity index (χ0n) is 10.9. The summed E-state index contributed by atoms with van der Waals surface area (Å²) in [6, 6.07) is 8.33. The van der Waals surface area contributed by atoms with Gasteiger partial charge >= 0.3 is 0 Å². The van der Waals surface area contributed by atoms with Crippen LogP contribution in [0.5, 0.6) is 11.5 Å². The van der Waals surface area contributed by atoms with E-state index in [-0.39, 0.29) is 5.82 Å². The molecule has 0 aliphatic carbocycles. The van der Waals surface area contributed by atoms with E-state index < -0.39 is 0 Å². The van der Waals surface area contributed by atoms with Gasteiger partial charge in [0.15, 0.2) is 0 Å². The lowest BCUT2D eigenvalue weighted by Gasteiger charge is -2.12. The Balaban J connectivity index is 2.36. The highest BCUT2D eigenvalue weighted by Crippen LogP contribution is 2.29. The van der Waals surface area contributed by atoms with Crippen LogP contribution in [0.15, 0.2) is 30.3 Å². The molecule has 4 heteroatoms. The van der Waals surface area contributed by atoms with Gasteiger partial charge in [-0.3, -0.25) is 4.98 Å². The lowest BCUT2D eigenvalue weighted by Crippen LogP contribution is -1.97. The normalized spacial score (nSPS) is 10.5. The first-order chi connectivity index (χ1) is 9.13. The van der Waals surface area contributed by atoms with Crippen LogP contribution in [0.2, 0.25) is 0 Å². The minimum Gasteiger partial charge on any atom is -0.455 e. The van der Waals surface area contributed by atoms with Gasteiger partial charge in [0, 0.05) is 16.6 Å². The maximum atomic E-state index is 13.2. The van der Waals surface area contributed by atoms with Gasteiger partial charge in [0.05, 0.1) is 5.69 Å². The standard InChI is InChI=1S/C15H15BrFNO/c1-3-13-15(6-4-10(2)18-13)19-14-7-5-12(17)8-11(14)9-16/h4-8H,3,9H2,1-2H3. The van der Waals surface area contributed by atoms with Gasteiger partial charge in [-0.05, 0) is 43.7 Å². The number of aryl methyl sites for hydroxylation is 2. The molecule has 0 saturated carbocycles. The molecule has 1 aromatic carbocycles. The number of pyridine rings is 1. The van der Waals surface area contributed by atoms with Crippen LogP contribution < -0.4 is 4.74 Å². The van der Waals surface area contributed by atoms with E-state index in [9.17, 15) is 4.39 Å². The average Bonchev–Trinajstić information content (AvgIpc) is 2.42. The van der Waals surface area contributed by atoms with Crippen molar-refractivity contribution >= 4 is 15.9 Å². The molecule has 100 valence electrons. The van der Waals surface area contributed by atoms with E-state index in [0.717, 1.165) is 29.1 Å². The molecule has 0 aliphatic heterocycles. The number of alkyl halides is 1. The Hall–Kier alpha value is -1.42. The van der Waals surface area contributed by atoms with Gasteiger partial charge in [-0.1, -0.05) is 22.9 Å². The van der Waals surface area contributed by atoms with E-state index in [1.807, 2.05) is 26.0 Å². The fraction of sp³-hybridized carbons (Fsp3) is 0.267. The summed E-state index contributed by atoms with van der Waals surface area (Å²) in [5, 5.41) is 0.543. The molecule has 2 rings (SSSR count). The van der Waals surface area contributed by atoms with Crippen molar-refractivity contribution in [1.82, 2.24) is 4.98 Å². The number of aromatic nitrogens is 1. The maximum Gasteiger partial charge on any atom is 0.148 e. The molecular weight excluding hydrogens is 309 g/mol. The summed E-state index contributed by atoms with van der Waals surface area (Å²) >= 11 is 3.34.